The number of esters is 1. The lowest BCUT2D eigenvalue weighted by Gasteiger charge is -2.10. The first-order chi connectivity index (χ1) is 12.5. The number of fused-ring (bicyclic) bond motifs is 1. The van der Waals surface area contributed by atoms with Crippen LogP contribution in [0.15, 0.2) is 48.7 Å². The van der Waals surface area contributed by atoms with Crippen LogP contribution in [-0.4, -0.2) is 17.1 Å². The molecule has 3 rings (SSSR count). The second-order valence-electron chi connectivity index (χ2n) is 5.61. The van der Waals surface area contributed by atoms with Crippen molar-refractivity contribution in [1.82, 2.24) is 4.57 Å². The van der Waals surface area contributed by atoms with E-state index in [4.69, 9.17) is 21.1 Å². The molecule has 134 valence electrons. The predicted octanol–water partition coefficient (Wildman–Crippen LogP) is 5.34. The van der Waals surface area contributed by atoms with Crippen molar-refractivity contribution in [2.24, 2.45) is 7.05 Å². The van der Waals surface area contributed by atoms with E-state index in [2.05, 4.69) is 0 Å². The zero-order chi connectivity index (χ0) is 18.7. The molecule has 4 nitrogen and oxygen atoms in total. The Balaban J connectivity index is 2.04. The van der Waals surface area contributed by atoms with Crippen molar-refractivity contribution in [3.8, 4) is 11.5 Å². The molecule has 0 saturated carbocycles. The highest BCUT2D eigenvalue weighted by Gasteiger charge is 2.13. The minimum absolute atomic E-state index is 0.182. The minimum atomic E-state index is -0.432. The Labute approximate surface area is 155 Å². The molecule has 0 aliphatic carbocycles. The zero-order valence-electron chi connectivity index (χ0n) is 14.3. The molecular formula is C20H17ClFNO3. The molecule has 0 fully saturated rings. The number of aromatic nitrogens is 1. The molecule has 26 heavy (non-hydrogen) atoms. The van der Waals surface area contributed by atoms with E-state index in [-0.39, 0.29) is 5.02 Å². The lowest BCUT2D eigenvalue weighted by molar-refractivity contribution is -0.137. The van der Waals surface area contributed by atoms with Gasteiger partial charge in [-0.2, -0.15) is 0 Å². The lowest BCUT2D eigenvalue weighted by Crippen LogP contribution is -1.98. The molecule has 0 aliphatic rings. The van der Waals surface area contributed by atoms with E-state index in [0.29, 0.717) is 18.1 Å². The normalized spacial score (nSPS) is 11.2. The summed E-state index contributed by atoms with van der Waals surface area (Å²) in [6.07, 6.45) is 4.94. The maximum absolute atomic E-state index is 13.2. The largest absolute Gasteiger partial charge is 0.463 e. The summed E-state index contributed by atoms with van der Waals surface area (Å²) >= 11 is 6.07. The number of ether oxygens (including phenoxy) is 2. The molecule has 3 aromatic rings. The van der Waals surface area contributed by atoms with Crippen LogP contribution in [0.1, 0.15) is 12.5 Å². The van der Waals surface area contributed by atoms with Gasteiger partial charge in [-0.05, 0) is 43.3 Å². The third-order valence-corrected chi connectivity index (χ3v) is 4.10. The van der Waals surface area contributed by atoms with E-state index in [1.807, 2.05) is 29.9 Å². The first-order valence-electron chi connectivity index (χ1n) is 8.05. The highest BCUT2D eigenvalue weighted by atomic mass is 35.5. The Hall–Kier alpha value is -2.79. The van der Waals surface area contributed by atoms with Crippen molar-refractivity contribution in [2.45, 2.75) is 6.92 Å². The van der Waals surface area contributed by atoms with Crippen molar-refractivity contribution < 1.29 is 18.7 Å². The van der Waals surface area contributed by atoms with Crippen LogP contribution in [0.2, 0.25) is 5.02 Å². The molecule has 0 spiro atoms. The third kappa shape index (κ3) is 3.73. The molecule has 6 heteroatoms. The van der Waals surface area contributed by atoms with E-state index in [0.717, 1.165) is 16.5 Å². The van der Waals surface area contributed by atoms with Crippen molar-refractivity contribution >= 4 is 34.5 Å². The van der Waals surface area contributed by atoms with Gasteiger partial charge in [0.2, 0.25) is 0 Å². The first-order valence-corrected chi connectivity index (χ1v) is 8.43. The highest BCUT2D eigenvalue weighted by Crippen LogP contribution is 2.36. The van der Waals surface area contributed by atoms with Gasteiger partial charge in [0, 0.05) is 30.3 Å². The number of rotatable bonds is 5. The van der Waals surface area contributed by atoms with Crippen LogP contribution in [-0.2, 0) is 16.6 Å². The van der Waals surface area contributed by atoms with E-state index in [1.54, 1.807) is 19.1 Å². The summed E-state index contributed by atoms with van der Waals surface area (Å²) in [5, 5.41) is 0.998. The average Bonchev–Trinajstić information content (AvgIpc) is 2.93. The molecule has 0 atom stereocenters. The maximum atomic E-state index is 13.2. The van der Waals surface area contributed by atoms with Crippen LogP contribution >= 0.6 is 11.6 Å². The number of halogens is 2. The van der Waals surface area contributed by atoms with E-state index in [9.17, 15) is 9.18 Å². The van der Waals surface area contributed by atoms with E-state index >= 15 is 0 Å². The fraction of sp³-hybridized carbons (Fsp3) is 0.150. The number of carbonyl (C=O) groups is 1. The number of carbonyl (C=O) groups excluding carboxylic acids is 1. The van der Waals surface area contributed by atoms with Crippen LogP contribution in [0.25, 0.3) is 17.0 Å². The fourth-order valence-corrected chi connectivity index (χ4v) is 2.89. The average molecular weight is 374 g/mol. The molecule has 0 unspecified atom stereocenters. The Morgan fingerprint density at radius 3 is 2.81 bits per heavy atom. The monoisotopic (exact) mass is 373 g/mol. The topological polar surface area (TPSA) is 40.5 Å². The van der Waals surface area contributed by atoms with Crippen LogP contribution in [0, 0.1) is 5.82 Å². The van der Waals surface area contributed by atoms with Crippen LogP contribution in [0.4, 0.5) is 4.39 Å². The molecule has 2 aromatic carbocycles. The predicted molar refractivity (Wildman–Crippen MR) is 100 cm³/mol. The van der Waals surface area contributed by atoms with Crippen molar-refractivity contribution in [2.75, 3.05) is 6.61 Å². The molecular weight excluding hydrogens is 357 g/mol. The van der Waals surface area contributed by atoms with Gasteiger partial charge in [0.15, 0.2) is 0 Å². The summed E-state index contributed by atoms with van der Waals surface area (Å²) in [6, 6.07) is 9.55. The summed E-state index contributed by atoms with van der Waals surface area (Å²) in [7, 11) is 1.90. The van der Waals surface area contributed by atoms with Crippen molar-refractivity contribution in [3.05, 3.63) is 65.1 Å². The number of benzene rings is 2. The second kappa shape index (κ2) is 7.62. The zero-order valence-corrected chi connectivity index (χ0v) is 15.1. The van der Waals surface area contributed by atoms with Crippen molar-refractivity contribution in [1.29, 1.82) is 0 Å². The van der Waals surface area contributed by atoms with E-state index in [1.165, 1.54) is 24.3 Å². The summed E-state index contributed by atoms with van der Waals surface area (Å²) in [5.41, 5.74) is 1.72. The Morgan fingerprint density at radius 2 is 2.08 bits per heavy atom. The fourth-order valence-electron chi connectivity index (χ4n) is 2.68. The molecule has 0 aliphatic heterocycles. The highest BCUT2D eigenvalue weighted by molar-refractivity contribution is 6.32. The standard InChI is InChI=1S/C20H17ClFNO3/c1-3-25-19(24)10-7-13-12-23(2)16-5-4-6-18(20(13)16)26-17-9-8-14(22)11-15(17)21/h4-12H,3H2,1-2H3/b10-7+. The minimum Gasteiger partial charge on any atom is -0.463 e. The lowest BCUT2D eigenvalue weighted by atomic mass is 10.1. The second-order valence-corrected chi connectivity index (χ2v) is 6.02. The maximum Gasteiger partial charge on any atom is 0.330 e. The van der Waals surface area contributed by atoms with Gasteiger partial charge in [0.05, 0.1) is 17.1 Å². The molecule has 1 aromatic heterocycles. The molecule has 0 N–H and O–H groups in total. The van der Waals surface area contributed by atoms with Gasteiger partial charge in [-0.25, -0.2) is 9.18 Å². The molecule has 0 bridgehead atoms. The molecule has 0 saturated heterocycles. The van der Waals surface area contributed by atoms with Crippen LogP contribution in [0.3, 0.4) is 0 Å². The molecule has 1 heterocycles. The summed E-state index contributed by atoms with van der Waals surface area (Å²) in [4.78, 5) is 11.6. The summed E-state index contributed by atoms with van der Waals surface area (Å²) in [6.45, 7) is 2.07. The molecule has 0 amide bonds. The van der Waals surface area contributed by atoms with Gasteiger partial charge in [0.1, 0.15) is 17.3 Å². The third-order valence-electron chi connectivity index (χ3n) is 3.81. The SMILES string of the molecule is CCOC(=O)/C=C/c1cn(C)c2cccc(Oc3ccc(F)cc3Cl)c12. The van der Waals surface area contributed by atoms with Gasteiger partial charge >= 0.3 is 5.97 Å². The van der Waals surface area contributed by atoms with Crippen LogP contribution in [0.5, 0.6) is 11.5 Å². The number of aryl methyl sites for hydroxylation is 1. The quantitative estimate of drug-likeness (QED) is 0.447. The Kier molecular flexibility index (Phi) is 5.28. The van der Waals surface area contributed by atoms with Gasteiger partial charge in [-0.3, -0.25) is 0 Å². The number of hydrogen-bond acceptors (Lipinski definition) is 3. The van der Waals surface area contributed by atoms with Gasteiger partial charge in [0.25, 0.3) is 0 Å². The number of hydrogen-bond donors (Lipinski definition) is 0. The van der Waals surface area contributed by atoms with Gasteiger partial charge < -0.3 is 14.0 Å². The van der Waals surface area contributed by atoms with E-state index < -0.39 is 11.8 Å². The van der Waals surface area contributed by atoms with Gasteiger partial charge in [-0.15, -0.1) is 0 Å². The first kappa shape index (κ1) is 18.0. The smallest absolute Gasteiger partial charge is 0.330 e. The Morgan fingerprint density at radius 1 is 1.27 bits per heavy atom. The summed E-state index contributed by atoms with van der Waals surface area (Å²) in [5.74, 6) is 0.0627. The van der Waals surface area contributed by atoms with Crippen molar-refractivity contribution in [3.63, 3.8) is 0 Å². The summed E-state index contributed by atoms with van der Waals surface area (Å²) < 4.78 is 26.0. The Bertz CT molecular complexity index is 994. The molecule has 0 radical (unpaired) electrons. The van der Waals surface area contributed by atoms with Gasteiger partial charge in [-0.1, -0.05) is 17.7 Å². The van der Waals surface area contributed by atoms with Crippen LogP contribution < -0.4 is 4.74 Å². The number of nitrogens with zero attached hydrogens (tertiary/aromatic N) is 1.